The first kappa shape index (κ1) is 17.1. The van der Waals surface area contributed by atoms with Gasteiger partial charge in [0.15, 0.2) is 0 Å². The van der Waals surface area contributed by atoms with Crippen molar-refractivity contribution in [1.29, 1.82) is 0 Å². The molecule has 2 nitrogen and oxygen atoms in total. The van der Waals surface area contributed by atoms with E-state index in [2.05, 4.69) is 66.3 Å². The van der Waals surface area contributed by atoms with E-state index in [0.717, 1.165) is 15.1 Å². The van der Waals surface area contributed by atoms with Gasteiger partial charge in [0.25, 0.3) is 0 Å². The Balaban J connectivity index is 1.90. The van der Waals surface area contributed by atoms with Gasteiger partial charge in [0, 0.05) is 9.37 Å². The van der Waals surface area contributed by atoms with Crippen LogP contribution >= 0.6 is 27.7 Å². The van der Waals surface area contributed by atoms with E-state index in [1.165, 1.54) is 5.56 Å². The summed E-state index contributed by atoms with van der Waals surface area (Å²) < 4.78 is 0.892. The van der Waals surface area contributed by atoms with Crippen LogP contribution in [0.15, 0.2) is 57.9 Å². The summed E-state index contributed by atoms with van der Waals surface area (Å²) in [4.78, 5) is 13.1. The van der Waals surface area contributed by atoms with E-state index in [-0.39, 0.29) is 11.3 Å². The second kappa shape index (κ2) is 7.34. The van der Waals surface area contributed by atoms with E-state index in [1.807, 2.05) is 24.3 Å². The van der Waals surface area contributed by atoms with Crippen LogP contribution in [-0.2, 0) is 10.2 Å². The normalized spacial score (nSPS) is 11.3. The molecule has 0 aliphatic rings. The predicted molar refractivity (Wildman–Crippen MR) is 98.6 cm³/mol. The van der Waals surface area contributed by atoms with Crippen molar-refractivity contribution in [1.82, 2.24) is 0 Å². The molecule has 0 aromatic heterocycles. The van der Waals surface area contributed by atoms with Gasteiger partial charge in [-0.15, -0.1) is 11.8 Å². The Hall–Kier alpha value is -1.26. The third-order valence-corrected chi connectivity index (χ3v) is 4.94. The highest BCUT2D eigenvalue weighted by atomic mass is 79.9. The molecule has 0 aliphatic heterocycles. The summed E-state index contributed by atoms with van der Waals surface area (Å²) in [6.07, 6.45) is 0. The van der Waals surface area contributed by atoms with Crippen LogP contribution < -0.4 is 5.32 Å². The number of amides is 1. The standard InChI is InChI=1S/C18H20BrNOS/c1-18(2,3)13-8-10-14(11-9-13)22-12-17(21)20-16-7-5-4-6-15(16)19/h4-11H,12H2,1-3H3,(H,20,21). The molecule has 0 fully saturated rings. The van der Waals surface area contributed by atoms with Gasteiger partial charge < -0.3 is 5.32 Å². The number of thioether (sulfide) groups is 1. The lowest BCUT2D eigenvalue weighted by atomic mass is 9.87. The number of nitrogens with one attached hydrogen (secondary N) is 1. The van der Waals surface area contributed by atoms with Gasteiger partial charge in [-0.3, -0.25) is 4.79 Å². The summed E-state index contributed by atoms with van der Waals surface area (Å²) in [6.45, 7) is 6.58. The molecule has 0 heterocycles. The third kappa shape index (κ3) is 4.89. The lowest BCUT2D eigenvalue weighted by molar-refractivity contribution is -0.113. The molecule has 0 bridgehead atoms. The van der Waals surface area contributed by atoms with E-state index < -0.39 is 0 Å². The highest BCUT2D eigenvalue weighted by molar-refractivity contribution is 9.10. The Bertz CT molecular complexity index is 647. The first-order valence-corrected chi connectivity index (χ1v) is 8.92. The lowest BCUT2D eigenvalue weighted by Gasteiger charge is -2.19. The third-order valence-electron chi connectivity index (χ3n) is 3.24. The molecule has 2 aromatic rings. The molecule has 4 heteroatoms. The number of para-hydroxylation sites is 1. The monoisotopic (exact) mass is 377 g/mol. The minimum atomic E-state index is -0.00296. The Labute approximate surface area is 144 Å². The maximum Gasteiger partial charge on any atom is 0.234 e. The van der Waals surface area contributed by atoms with Gasteiger partial charge in [0.2, 0.25) is 5.91 Å². The van der Waals surface area contributed by atoms with Crippen molar-refractivity contribution in [3.05, 3.63) is 58.6 Å². The molecule has 0 radical (unpaired) electrons. The molecule has 2 aromatic carbocycles. The first-order valence-electron chi connectivity index (χ1n) is 7.14. The molecule has 1 amide bonds. The van der Waals surface area contributed by atoms with Crippen LogP contribution in [0, 0.1) is 0 Å². The Kier molecular flexibility index (Phi) is 5.70. The van der Waals surface area contributed by atoms with Gasteiger partial charge in [-0.1, -0.05) is 45.0 Å². The molecule has 2 rings (SSSR count). The molecule has 1 N–H and O–H groups in total. The largest absolute Gasteiger partial charge is 0.324 e. The Morgan fingerprint density at radius 1 is 1.09 bits per heavy atom. The second-order valence-electron chi connectivity index (χ2n) is 6.09. The predicted octanol–water partition coefficient (Wildman–Crippen LogP) is 5.48. The highest BCUT2D eigenvalue weighted by Gasteiger charge is 2.13. The maximum atomic E-state index is 12.0. The molecule has 116 valence electrons. The quantitative estimate of drug-likeness (QED) is 0.714. The zero-order chi connectivity index (χ0) is 16.2. The van der Waals surface area contributed by atoms with Crippen molar-refractivity contribution >= 4 is 39.3 Å². The van der Waals surface area contributed by atoms with Crippen molar-refractivity contribution in [3.63, 3.8) is 0 Å². The molecule has 0 spiro atoms. The van der Waals surface area contributed by atoms with Crippen molar-refractivity contribution in [2.75, 3.05) is 11.1 Å². The summed E-state index contributed by atoms with van der Waals surface area (Å²) in [5, 5.41) is 2.91. The van der Waals surface area contributed by atoms with E-state index in [9.17, 15) is 4.79 Å². The zero-order valence-corrected chi connectivity index (χ0v) is 15.4. The number of hydrogen-bond donors (Lipinski definition) is 1. The number of hydrogen-bond acceptors (Lipinski definition) is 2. The van der Waals surface area contributed by atoms with E-state index in [0.29, 0.717) is 5.75 Å². The summed E-state index contributed by atoms with van der Waals surface area (Å²) in [5.41, 5.74) is 2.26. The van der Waals surface area contributed by atoms with E-state index >= 15 is 0 Å². The minimum absolute atomic E-state index is 0.00296. The molecule has 0 saturated heterocycles. The van der Waals surface area contributed by atoms with Gasteiger partial charge in [0.1, 0.15) is 0 Å². The van der Waals surface area contributed by atoms with Gasteiger partial charge in [-0.05, 0) is 51.2 Å². The minimum Gasteiger partial charge on any atom is -0.324 e. The molecule has 0 atom stereocenters. The van der Waals surface area contributed by atoms with Crippen LogP contribution in [0.5, 0.6) is 0 Å². The van der Waals surface area contributed by atoms with Crippen molar-refractivity contribution < 1.29 is 4.79 Å². The summed E-state index contributed by atoms with van der Waals surface area (Å²) in [5.74, 6) is 0.396. The van der Waals surface area contributed by atoms with Gasteiger partial charge >= 0.3 is 0 Å². The topological polar surface area (TPSA) is 29.1 Å². The van der Waals surface area contributed by atoms with Crippen LogP contribution in [0.4, 0.5) is 5.69 Å². The van der Waals surface area contributed by atoms with Crippen LogP contribution in [0.3, 0.4) is 0 Å². The Morgan fingerprint density at radius 2 is 1.73 bits per heavy atom. The molecule has 0 saturated carbocycles. The smallest absolute Gasteiger partial charge is 0.234 e. The lowest BCUT2D eigenvalue weighted by Crippen LogP contribution is -2.14. The molecular weight excluding hydrogens is 358 g/mol. The van der Waals surface area contributed by atoms with Gasteiger partial charge in [-0.25, -0.2) is 0 Å². The number of benzene rings is 2. The van der Waals surface area contributed by atoms with Gasteiger partial charge in [-0.2, -0.15) is 0 Å². The average Bonchev–Trinajstić information content (AvgIpc) is 2.47. The molecule has 22 heavy (non-hydrogen) atoms. The SMILES string of the molecule is CC(C)(C)c1ccc(SCC(=O)Nc2ccccc2Br)cc1. The summed E-state index contributed by atoms with van der Waals surface area (Å²) in [6, 6.07) is 16.0. The number of rotatable bonds is 4. The number of anilines is 1. The number of halogens is 1. The van der Waals surface area contributed by atoms with Crippen molar-refractivity contribution in [2.45, 2.75) is 31.1 Å². The maximum absolute atomic E-state index is 12.0. The summed E-state index contributed by atoms with van der Waals surface area (Å²) >= 11 is 4.97. The fourth-order valence-corrected chi connectivity index (χ4v) is 3.03. The van der Waals surface area contributed by atoms with Crippen LogP contribution in [0.2, 0.25) is 0 Å². The molecule has 0 aliphatic carbocycles. The molecule has 0 unspecified atom stereocenters. The van der Waals surface area contributed by atoms with Crippen molar-refractivity contribution in [3.8, 4) is 0 Å². The van der Waals surface area contributed by atoms with Crippen molar-refractivity contribution in [2.24, 2.45) is 0 Å². The van der Waals surface area contributed by atoms with E-state index in [1.54, 1.807) is 11.8 Å². The number of carbonyl (C=O) groups excluding carboxylic acids is 1. The average molecular weight is 378 g/mol. The molecular formula is C18H20BrNOS. The number of carbonyl (C=O) groups is 1. The van der Waals surface area contributed by atoms with Crippen LogP contribution in [-0.4, -0.2) is 11.7 Å². The van der Waals surface area contributed by atoms with Crippen LogP contribution in [0.25, 0.3) is 0 Å². The Morgan fingerprint density at radius 3 is 2.32 bits per heavy atom. The highest BCUT2D eigenvalue weighted by Crippen LogP contribution is 2.26. The first-order chi connectivity index (χ1) is 10.4. The second-order valence-corrected chi connectivity index (χ2v) is 7.99. The fourth-order valence-electron chi connectivity index (χ4n) is 1.95. The van der Waals surface area contributed by atoms with Crippen LogP contribution in [0.1, 0.15) is 26.3 Å². The van der Waals surface area contributed by atoms with Gasteiger partial charge in [0.05, 0.1) is 11.4 Å². The van der Waals surface area contributed by atoms with E-state index in [4.69, 9.17) is 0 Å². The zero-order valence-electron chi connectivity index (χ0n) is 13.0. The fraction of sp³-hybridized carbons (Fsp3) is 0.278. The summed E-state index contributed by atoms with van der Waals surface area (Å²) in [7, 11) is 0.